The van der Waals surface area contributed by atoms with Crippen molar-refractivity contribution in [1.29, 1.82) is 0 Å². The molecule has 1 heterocycles. The lowest BCUT2D eigenvalue weighted by atomic mass is 9.72. The van der Waals surface area contributed by atoms with Gasteiger partial charge in [-0.3, -0.25) is 0 Å². The molecule has 34 heavy (non-hydrogen) atoms. The first-order chi connectivity index (χ1) is 16.4. The summed E-state index contributed by atoms with van der Waals surface area (Å²) in [7, 11) is 0. The van der Waals surface area contributed by atoms with E-state index in [4.69, 9.17) is 0 Å². The number of rotatable bonds is 8. The average molecular weight is 469 g/mol. The molecule has 3 aromatic carbocycles. The fourth-order valence-electron chi connectivity index (χ4n) is 4.91. The van der Waals surface area contributed by atoms with Crippen molar-refractivity contribution in [2.24, 2.45) is 5.92 Å². The molecule has 3 aromatic rings. The molecule has 0 aliphatic carbocycles. The van der Waals surface area contributed by atoms with Gasteiger partial charge in [0.25, 0.3) is 0 Å². The largest absolute Gasteiger partial charge is 0.416 e. The lowest BCUT2D eigenvalue weighted by Gasteiger charge is -2.42. The summed E-state index contributed by atoms with van der Waals surface area (Å²) in [6.45, 7) is 3.43. The van der Waals surface area contributed by atoms with E-state index in [-0.39, 0.29) is 5.92 Å². The van der Waals surface area contributed by atoms with Gasteiger partial charge in [-0.25, -0.2) is 0 Å². The summed E-state index contributed by atoms with van der Waals surface area (Å²) < 4.78 is 38.1. The zero-order valence-corrected chi connectivity index (χ0v) is 19.1. The predicted octanol–water partition coefficient (Wildman–Crippen LogP) is 6.16. The van der Waals surface area contributed by atoms with E-state index in [0.717, 1.165) is 62.2 Å². The van der Waals surface area contributed by atoms with Gasteiger partial charge in [0.1, 0.15) is 5.60 Å². The highest BCUT2D eigenvalue weighted by Crippen LogP contribution is 2.41. The molecule has 0 amide bonds. The van der Waals surface area contributed by atoms with Gasteiger partial charge in [-0.05, 0) is 80.2 Å². The van der Waals surface area contributed by atoms with Gasteiger partial charge >= 0.3 is 6.18 Å². The summed E-state index contributed by atoms with van der Waals surface area (Å²) >= 11 is 0. The minimum atomic E-state index is -4.31. The van der Waals surface area contributed by atoms with Crippen molar-refractivity contribution < 1.29 is 18.3 Å². The topological polar surface area (TPSA) is 35.5 Å². The second-order valence-corrected chi connectivity index (χ2v) is 8.97. The van der Waals surface area contributed by atoms with Crippen LogP contribution in [-0.4, -0.2) is 36.2 Å². The molecule has 0 unspecified atom stereocenters. The first kappa shape index (κ1) is 24.3. The summed E-state index contributed by atoms with van der Waals surface area (Å²) in [5.74, 6) is 0.124. The Hall–Kier alpha value is -2.83. The van der Waals surface area contributed by atoms with Crippen LogP contribution in [0.25, 0.3) is 0 Å². The minimum Gasteiger partial charge on any atom is -0.385 e. The Bertz CT molecular complexity index is 976. The summed E-state index contributed by atoms with van der Waals surface area (Å²) in [6, 6.07) is 25.0. The van der Waals surface area contributed by atoms with Gasteiger partial charge in [0, 0.05) is 12.2 Å². The van der Waals surface area contributed by atoms with Crippen molar-refractivity contribution in [3.8, 4) is 0 Å². The number of alkyl halides is 3. The number of likely N-dealkylation sites (tertiary alicyclic amines) is 1. The molecule has 0 aromatic heterocycles. The Kier molecular flexibility index (Phi) is 7.59. The fourth-order valence-corrected chi connectivity index (χ4v) is 4.91. The number of halogens is 3. The standard InChI is InChI=1S/C28H31F3N2O/c29-28(30,31)25-12-14-26(15-13-25)32-18-7-19-33-20-16-24(17-21-33)27(34,22-8-3-1-4-9-22)23-10-5-2-6-11-23/h1-6,8-15,24,32,34H,7,16-21H2. The molecule has 3 nitrogen and oxygen atoms in total. The third-order valence-corrected chi connectivity index (χ3v) is 6.80. The van der Waals surface area contributed by atoms with Crippen LogP contribution >= 0.6 is 0 Å². The maximum absolute atomic E-state index is 12.7. The number of nitrogens with one attached hydrogen (secondary N) is 1. The van der Waals surface area contributed by atoms with E-state index in [1.165, 1.54) is 12.1 Å². The molecule has 1 aliphatic heterocycles. The number of benzene rings is 3. The number of hydrogen-bond donors (Lipinski definition) is 2. The molecule has 4 rings (SSSR count). The summed E-state index contributed by atoms with van der Waals surface area (Å²) in [4.78, 5) is 2.40. The molecule has 1 saturated heterocycles. The van der Waals surface area contributed by atoms with Crippen LogP contribution in [0.15, 0.2) is 84.9 Å². The second-order valence-electron chi connectivity index (χ2n) is 8.97. The molecule has 0 radical (unpaired) electrons. The predicted molar refractivity (Wildman–Crippen MR) is 130 cm³/mol. The van der Waals surface area contributed by atoms with Gasteiger partial charge in [0.15, 0.2) is 0 Å². The lowest BCUT2D eigenvalue weighted by molar-refractivity contribution is -0.137. The summed E-state index contributed by atoms with van der Waals surface area (Å²) in [5.41, 5.74) is 0.911. The number of hydrogen-bond acceptors (Lipinski definition) is 3. The lowest BCUT2D eigenvalue weighted by Crippen LogP contribution is -2.44. The first-order valence-electron chi connectivity index (χ1n) is 11.8. The molecular formula is C28H31F3N2O. The van der Waals surface area contributed by atoms with Crippen LogP contribution in [0.1, 0.15) is 36.0 Å². The van der Waals surface area contributed by atoms with Crippen LogP contribution in [0, 0.1) is 5.92 Å². The zero-order valence-electron chi connectivity index (χ0n) is 19.1. The van der Waals surface area contributed by atoms with Crippen molar-refractivity contribution in [2.75, 3.05) is 31.5 Å². The Labute approximate surface area is 199 Å². The van der Waals surface area contributed by atoms with Crippen LogP contribution in [0.3, 0.4) is 0 Å². The van der Waals surface area contributed by atoms with Gasteiger partial charge in [0.05, 0.1) is 5.56 Å². The monoisotopic (exact) mass is 468 g/mol. The third-order valence-electron chi connectivity index (χ3n) is 6.80. The summed E-state index contributed by atoms with van der Waals surface area (Å²) in [5, 5.41) is 15.2. The van der Waals surface area contributed by atoms with E-state index < -0.39 is 17.3 Å². The first-order valence-corrected chi connectivity index (χ1v) is 11.8. The second kappa shape index (κ2) is 10.6. The summed E-state index contributed by atoms with van der Waals surface area (Å²) in [6.07, 6.45) is -1.62. The fraction of sp³-hybridized carbons (Fsp3) is 0.357. The molecule has 1 aliphatic rings. The molecule has 180 valence electrons. The van der Waals surface area contributed by atoms with E-state index >= 15 is 0 Å². The number of anilines is 1. The van der Waals surface area contributed by atoms with E-state index in [1.54, 1.807) is 0 Å². The van der Waals surface area contributed by atoms with Gasteiger partial charge in [-0.1, -0.05) is 60.7 Å². The molecule has 0 atom stereocenters. The average Bonchev–Trinajstić information content (AvgIpc) is 2.87. The van der Waals surface area contributed by atoms with Crippen molar-refractivity contribution in [2.45, 2.75) is 31.0 Å². The Balaban J connectivity index is 1.29. The molecule has 0 spiro atoms. The van der Waals surface area contributed by atoms with Crippen LogP contribution in [0.4, 0.5) is 18.9 Å². The molecule has 1 fully saturated rings. The van der Waals surface area contributed by atoms with E-state index in [2.05, 4.69) is 10.2 Å². The van der Waals surface area contributed by atoms with Crippen LogP contribution in [0.5, 0.6) is 0 Å². The van der Waals surface area contributed by atoms with E-state index in [1.807, 2.05) is 60.7 Å². The van der Waals surface area contributed by atoms with Gasteiger partial charge in [0.2, 0.25) is 0 Å². The molecule has 0 saturated carbocycles. The van der Waals surface area contributed by atoms with Crippen molar-refractivity contribution in [1.82, 2.24) is 4.90 Å². The smallest absolute Gasteiger partial charge is 0.385 e. The number of nitrogens with zero attached hydrogens (tertiary/aromatic N) is 1. The SMILES string of the molecule is OC(c1ccccc1)(c1ccccc1)C1CCN(CCCNc2ccc(C(F)(F)F)cc2)CC1. The highest BCUT2D eigenvalue weighted by atomic mass is 19.4. The highest BCUT2D eigenvalue weighted by molar-refractivity contribution is 5.45. The molecule has 2 N–H and O–H groups in total. The highest BCUT2D eigenvalue weighted by Gasteiger charge is 2.41. The van der Waals surface area contributed by atoms with Crippen LogP contribution in [0.2, 0.25) is 0 Å². The van der Waals surface area contributed by atoms with E-state index in [0.29, 0.717) is 12.2 Å². The van der Waals surface area contributed by atoms with Gasteiger partial charge in [-0.2, -0.15) is 13.2 Å². The van der Waals surface area contributed by atoms with E-state index in [9.17, 15) is 18.3 Å². The normalized spacial score (nSPS) is 15.9. The van der Waals surface area contributed by atoms with Crippen molar-refractivity contribution >= 4 is 5.69 Å². The molecule has 6 heteroatoms. The molecule has 0 bridgehead atoms. The maximum Gasteiger partial charge on any atom is 0.416 e. The van der Waals surface area contributed by atoms with Crippen LogP contribution in [-0.2, 0) is 11.8 Å². The third kappa shape index (κ3) is 5.62. The molecular weight excluding hydrogens is 437 g/mol. The Morgan fingerprint density at radius 3 is 1.79 bits per heavy atom. The Morgan fingerprint density at radius 1 is 0.765 bits per heavy atom. The van der Waals surface area contributed by atoms with Crippen LogP contribution < -0.4 is 5.32 Å². The minimum absolute atomic E-state index is 0.124. The maximum atomic E-state index is 12.7. The Morgan fingerprint density at radius 2 is 1.29 bits per heavy atom. The quantitative estimate of drug-likeness (QED) is 0.389. The van der Waals surface area contributed by atoms with Gasteiger partial charge in [-0.15, -0.1) is 0 Å². The van der Waals surface area contributed by atoms with Gasteiger partial charge < -0.3 is 15.3 Å². The van der Waals surface area contributed by atoms with Crippen molar-refractivity contribution in [3.63, 3.8) is 0 Å². The number of aliphatic hydroxyl groups is 1. The zero-order chi connectivity index (χ0) is 24.0. The number of piperidine rings is 1. The van der Waals surface area contributed by atoms with Crippen molar-refractivity contribution in [3.05, 3.63) is 102 Å².